The topological polar surface area (TPSA) is 81.1 Å². The second-order valence-corrected chi connectivity index (χ2v) is 6.86. The highest BCUT2D eigenvalue weighted by molar-refractivity contribution is 6.31. The number of carboxylic acid groups (broad SMARTS) is 2. The molecule has 0 bridgehead atoms. The molecule has 0 radical (unpaired) electrons. The van der Waals surface area contributed by atoms with E-state index >= 15 is 0 Å². The summed E-state index contributed by atoms with van der Waals surface area (Å²) in [5.74, 6) is -3.65. The van der Waals surface area contributed by atoms with E-state index < -0.39 is 11.9 Å². The van der Waals surface area contributed by atoms with Gasteiger partial charge in [0.2, 0.25) is 0 Å². The second kappa shape index (κ2) is 10.2. The maximum atomic E-state index is 9.10. The fourth-order valence-electron chi connectivity index (χ4n) is 2.73. The van der Waals surface area contributed by atoms with Crippen molar-refractivity contribution in [3.8, 4) is 0 Å². The number of piperazine rings is 1. The third kappa shape index (κ3) is 7.09. The molecule has 0 aliphatic carbocycles. The standard InChI is InChI=1S/C17H18Cl2N2.C2H2O4/c18-15-4-1-3-14(11-15)13-20-7-9-21(10-8-20)17-6-2-5-16(19)12-17;3-1(4)2(5)6/h1-6,11-12H,7-10,13H2;(H,3,4)(H,5,6). The third-order valence-electron chi connectivity index (χ3n) is 4.02. The minimum absolute atomic E-state index is 0.800. The van der Waals surface area contributed by atoms with Crippen LogP contribution in [0.15, 0.2) is 48.5 Å². The Morgan fingerprint density at radius 3 is 1.93 bits per heavy atom. The number of aliphatic carboxylic acids is 2. The SMILES string of the molecule is Clc1cccc(CN2CCN(c3cccc(Cl)c3)CC2)c1.O=C(O)C(=O)O. The molecule has 27 heavy (non-hydrogen) atoms. The molecular formula is C19H20Cl2N2O4. The Labute approximate surface area is 167 Å². The molecule has 6 nitrogen and oxygen atoms in total. The Balaban J connectivity index is 0.000000380. The molecule has 3 rings (SSSR count). The smallest absolute Gasteiger partial charge is 0.414 e. The van der Waals surface area contributed by atoms with E-state index in [9.17, 15) is 0 Å². The Kier molecular flexibility index (Phi) is 7.91. The molecule has 0 aromatic heterocycles. The average Bonchev–Trinajstić information content (AvgIpc) is 2.63. The molecule has 2 N–H and O–H groups in total. The van der Waals surface area contributed by atoms with E-state index in [1.54, 1.807) is 0 Å². The molecule has 0 spiro atoms. The Morgan fingerprint density at radius 1 is 0.852 bits per heavy atom. The normalized spacial score (nSPS) is 14.2. The fraction of sp³-hybridized carbons (Fsp3) is 0.263. The van der Waals surface area contributed by atoms with Crippen molar-refractivity contribution in [1.29, 1.82) is 0 Å². The first kappa shape index (κ1) is 21.0. The lowest BCUT2D eigenvalue weighted by atomic mass is 10.2. The maximum Gasteiger partial charge on any atom is 0.414 e. The van der Waals surface area contributed by atoms with Crippen molar-refractivity contribution >= 4 is 40.8 Å². The highest BCUT2D eigenvalue weighted by Gasteiger charge is 2.17. The van der Waals surface area contributed by atoms with Crippen LogP contribution in [-0.4, -0.2) is 53.2 Å². The monoisotopic (exact) mass is 410 g/mol. The highest BCUT2D eigenvalue weighted by atomic mass is 35.5. The molecule has 2 aromatic carbocycles. The fourth-order valence-corrected chi connectivity index (χ4v) is 3.13. The van der Waals surface area contributed by atoms with Gasteiger partial charge < -0.3 is 15.1 Å². The molecule has 0 amide bonds. The zero-order valence-corrected chi connectivity index (χ0v) is 16.0. The molecular weight excluding hydrogens is 391 g/mol. The molecule has 1 heterocycles. The molecule has 0 unspecified atom stereocenters. The third-order valence-corrected chi connectivity index (χ3v) is 4.49. The number of hydrogen-bond donors (Lipinski definition) is 2. The van der Waals surface area contributed by atoms with Crippen molar-refractivity contribution in [2.24, 2.45) is 0 Å². The van der Waals surface area contributed by atoms with Crippen LogP contribution in [0.5, 0.6) is 0 Å². The number of benzene rings is 2. The summed E-state index contributed by atoms with van der Waals surface area (Å²) in [4.78, 5) is 23.1. The Morgan fingerprint density at radius 2 is 1.41 bits per heavy atom. The molecule has 0 atom stereocenters. The van der Waals surface area contributed by atoms with Crippen LogP contribution in [0, 0.1) is 0 Å². The van der Waals surface area contributed by atoms with Crippen LogP contribution in [0.3, 0.4) is 0 Å². The first-order chi connectivity index (χ1) is 12.8. The number of anilines is 1. The van der Waals surface area contributed by atoms with Crippen molar-refractivity contribution < 1.29 is 19.8 Å². The van der Waals surface area contributed by atoms with Gasteiger partial charge in [0.05, 0.1) is 0 Å². The molecule has 2 aromatic rings. The summed E-state index contributed by atoms with van der Waals surface area (Å²) in [7, 11) is 0. The molecule has 1 saturated heterocycles. The number of hydrogen-bond acceptors (Lipinski definition) is 4. The quantitative estimate of drug-likeness (QED) is 0.753. The summed E-state index contributed by atoms with van der Waals surface area (Å²) in [5.41, 5.74) is 2.49. The molecule has 8 heteroatoms. The van der Waals surface area contributed by atoms with Gasteiger partial charge in [-0.2, -0.15) is 0 Å². The Bertz CT molecular complexity index is 781. The zero-order valence-electron chi connectivity index (χ0n) is 14.5. The second-order valence-electron chi connectivity index (χ2n) is 5.98. The van der Waals surface area contributed by atoms with Crippen LogP contribution in [0.2, 0.25) is 10.0 Å². The van der Waals surface area contributed by atoms with Gasteiger partial charge in [0.25, 0.3) is 0 Å². The number of carbonyl (C=O) groups is 2. The lowest BCUT2D eigenvalue weighted by molar-refractivity contribution is -0.159. The van der Waals surface area contributed by atoms with Crippen LogP contribution >= 0.6 is 23.2 Å². The van der Waals surface area contributed by atoms with E-state index in [1.165, 1.54) is 11.3 Å². The highest BCUT2D eigenvalue weighted by Crippen LogP contribution is 2.21. The van der Waals surface area contributed by atoms with E-state index in [0.717, 1.165) is 42.8 Å². The Hall–Kier alpha value is -2.28. The summed E-state index contributed by atoms with van der Waals surface area (Å²) in [6.45, 7) is 5.13. The maximum absolute atomic E-state index is 9.10. The van der Waals surface area contributed by atoms with Gasteiger partial charge in [-0.3, -0.25) is 4.90 Å². The van der Waals surface area contributed by atoms with Gasteiger partial charge in [-0.1, -0.05) is 41.4 Å². The van der Waals surface area contributed by atoms with Crippen molar-refractivity contribution in [2.45, 2.75) is 6.54 Å². The predicted molar refractivity (Wildman–Crippen MR) is 106 cm³/mol. The van der Waals surface area contributed by atoms with Crippen molar-refractivity contribution in [3.63, 3.8) is 0 Å². The van der Waals surface area contributed by atoms with Gasteiger partial charge in [0.15, 0.2) is 0 Å². The summed E-state index contributed by atoms with van der Waals surface area (Å²) in [6, 6.07) is 16.2. The number of carboxylic acids is 2. The van der Waals surface area contributed by atoms with Crippen LogP contribution in [0.25, 0.3) is 0 Å². The minimum Gasteiger partial charge on any atom is -0.473 e. The van der Waals surface area contributed by atoms with Crippen molar-refractivity contribution in [3.05, 3.63) is 64.1 Å². The average molecular weight is 411 g/mol. The number of nitrogens with zero attached hydrogens (tertiary/aromatic N) is 2. The molecule has 1 aliphatic heterocycles. The first-order valence-corrected chi connectivity index (χ1v) is 9.04. The van der Waals surface area contributed by atoms with Gasteiger partial charge in [0.1, 0.15) is 0 Å². The summed E-state index contributed by atoms with van der Waals surface area (Å²) in [6.07, 6.45) is 0. The van der Waals surface area contributed by atoms with E-state index in [0.29, 0.717) is 0 Å². The number of rotatable bonds is 3. The number of halogens is 2. The van der Waals surface area contributed by atoms with E-state index in [1.807, 2.05) is 36.4 Å². The van der Waals surface area contributed by atoms with Crippen molar-refractivity contribution in [1.82, 2.24) is 4.90 Å². The summed E-state index contributed by atoms with van der Waals surface area (Å²) >= 11 is 12.1. The van der Waals surface area contributed by atoms with Crippen molar-refractivity contribution in [2.75, 3.05) is 31.1 Å². The van der Waals surface area contributed by atoms with Crippen LogP contribution in [0.1, 0.15) is 5.56 Å². The molecule has 1 fully saturated rings. The summed E-state index contributed by atoms with van der Waals surface area (Å²) < 4.78 is 0. The van der Waals surface area contributed by atoms with Crippen LogP contribution in [-0.2, 0) is 16.1 Å². The van der Waals surface area contributed by atoms with Crippen LogP contribution < -0.4 is 4.90 Å². The van der Waals surface area contributed by atoms with Gasteiger partial charge >= 0.3 is 11.9 Å². The minimum atomic E-state index is -1.82. The van der Waals surface area contributed by atoms with E-state index in [4.69, 9.17) is 43.0 Å². The molecule has 0 saturated carbocycles. The molecule has 1 aliphatic rings. The van der Waals surface area contributed by atoms with Gasteiger partial charge in [-0.05, 0) is 35.9 Å². The van der Waals surface area contributed by atoms with Crippen LogP contribution in [0.4, 0.5) is 5.69 Å². The summed E-state index contributed by atoms with van der Waals surface area (Å²) in [5, 5.41) is 16.4. The zero-order chi connectivity index (χ0) is 19.8. The first-order valence-electron chi connectivity index (χ1n) is 8.28. The van der Waals surface area contributed by atoms with Gasteiger partial charge in [-0.15, -0.1) is 0 Å². The van der Waals surface area contributed by atoms with Gasteiger partial charge in [0, 0.05) is 48.5 Å². The lowest BCUT2D eigenvalue weighted by Gasteiger charge is -2.36. The lowest BCUT2D eigenvalue weighted by Crippen LogP contribution is -2.45. The van der Waals surface area contributed by atoms with E-state index in [2.05, 4.69) is 21.9 Å². The van der Waals surface area contributed by atoms with Gasteiger partial charge in [-0.25, -0.2) is 9.59 Å². The van der Waals surface area contributed by atoms with E-state index in [-0.39, 0.29) is 0 Å². The predicted octanol–water partition coefficient (Wildman–Crippen LogP) is 3.47. The largest absolute Gasteiger partial charge is 0.473 e. The molecule has 144 valence electrons.